The van der Waals surface area contributed by atoms with Crippen LogP contribution in [0.5, 0.6) is 0 Å². The van der Waals surface area contributed by atoms with Crippen LogP contribution >= 0.6 is 0 Å². The first-order valence-electron chi connectivity index (χ1n) is 5.70. The normalized spacial score (nSPS) is 21.6. The van der Waals surface area contributed by atoms with Crippen LogP contribution in [0.25, 0.3) is 0 Å². The van der Waals surface area contributed by atoms with Gasteiger partial charge in [-0.1, -0.05) is 5.57 Å². The average molecular weight is 211 g/mol. The summed E-state index contributed by atoms with van der Waals surface area (Å²) in [7, 11) is 0. The van der Waals surface area contributed by atoms with Gasteiger partial charge in [0, 0.05) is 6.54 Å². The second kappa shape index (κ2) is 5.91. The molecule has 1 atom stereocenters. The van der Waals surface area contributed by atoms with Gasteiger partial charge < -0.3 is 4.74 Å². The molecule has 0 aliphatic carbocycles. The third-order valence-electron chi connectivity index (χ3n) is 2.75. The minimum atomic E-state index is -0.0586. The van der Waals surface area contributed by atoms with Crippen LogP contribution in [0, 0.1) is 0 Å². The summed E-state index contributed by atoms with van der Waals surface area (Å²) in [6.07, 6.45) is 3.00. The van der Waals surface area contributed by atoms with Gasteiger partial charge in [0.25, 0.3) is 0 Å². The molecule has 0 aromatic carbocycles. The lowest BCUT2D eigenvalue weighted by atomic mass is 10.2. The van der Waals surface area contributed by atoms with Crippen molar-refractivity contribution in [1.29, 1.82) is 0 Å². The maximum atomic E-state index is 11.6. The Morgan fingerprint density at radius 3 is 2.93 bits per heavy atom. The van der Waals surface area contributed by atoms with Gasteiger partial charge in [0.1, 0.15) is 6.04 Å². The number of ether oxygens (including phenoxy) is 1. The second-order valence-electron chi connectivity index (χ2n) is 4.15. The summed E-state index contributed by atoms with van der Waals surface area (Å²) in [5.74, 6) is -0.0586. The van der Waals surface area contributed by atoms with Crippen LogP contribution in [0.1, 0.15) is 33.1 Å². The number of rotatable bonds is 5. The largest absolute Gasteiger partial charge is 0.465 e. The van der Waals surface area contributed by atoms with Crippen LogP contribution in [0.4, 0.5) is 0 Å². The Morgan fingerprint density at radius 2 is 2.33 bits per heavy atom. The van der Waals surface area contributed by atoms with Crippen molar-refractivity contribution in [3.8, 4) is 0 Å². The van der Waals surface area contributed by atoms with E-state index in [1.807, 2.05) is 13.8 Å². The van der Waals surface area contributed by atoms with Crippen molar-refractivity contribution in [3.05, 3.63) is 12.2 Å². The molecule has 0 amide bonds. The number of esters is 1. The van der Waals surface area contributed by atoms with E-state index < -0.39 is 0 Å². The maximum absolute atomic E-state index is 11.6. The molecule has 0 aromatic heterocycles. The van der Waals surface area contributed by atoms with Crippen molar-refractivity contribution in [3.63, 3.8) is 0 Å². The Hall–Kier alpha value is -0.830. The standard InChI is InChI=1S/C12H21NO2/c1-4-15-12(14)11-6-5-8-13(11)9-7-10(2)3/h11H,2,4-9H2,1,3H3. The Bertz CT molecular complexity index is 238. The van der Waals surface area contributed by atoms with Gasteiger partial charge in [0.15, 0.2) is 0 Å². The Kier molecular flexibility index (Phi) is 4.82. The summed E-state index contributed by atoms with van der Waals surface area (Å²) in [6.45, 7) is 10.2. The second-order valence-corrected chi connectivity index (χ2v) is 4.15. The van der Waals surface area contributed by atoms with E-state index in [4.69, 9.17) is 4.74 Å². The molecule has 3 heteroatoms. The van der Waals surface area contributed by atoms with Gasteiger partial charge in [-0.2, -0.15) is 0 Å². The molecular weight excluding hydrogens is 190 g/mol. The van der Waals surface area contributed by atoms with E-state index in [-0.39, 0.29) is 12.0 Å². The number of hydrogen-bond donors (Lipinski definition) is 0. The van der Waals surface area contributed by atoms with Crippen molar-refractivity contribution in [2.24, 2.45) is 0 Å². The third kappa shape index (κ3) is 3.67. The van der Waals surface area contributed by atoms with E-state index in [0.29, 0.717) is 6.61 Å². The Balaban J connectivity index is 2.42. The highest BCUT2D eigenvalue weighted by atomic mass is 16.5. The molecule has 1 aliphatic heterocycles. The molecule has 15 heavy (non-hydrogen) atoms. The van der Waals surface area contributed by atoms with E-state index in [0.717, 1.165) is 32.4 Å². The van der Waals surface area contributed by atoms with Crippen LogP contribution in [0.2, 0.25) is 0 Å². The van der Waals surface area contributed by atoms with Crippen LogP contribution in [0.15, 0.2) is 12.2 Å². The maximum Gasteiger partial charge on any atom is 0.323 e. The van der Waals surface area contributed by atoms with Gasteiger partial charge in [0.05, 0.1) is 6.61 Å². The van der Waals surface area contributed by atoms with Gasteiger partial charge in [-0.15, -0.1) is 6.58 Å². The molecule has 1 rings (SSSR count). The molecule has 1 heterocycles. The number of hydrogen-bond acceptors (Lipinski definition) is 3. The van der Waals surface area contributed by atoms with E-state index in [1.165, 1.54) is 5.57 Å². The van der Waals surface area contributed by atoms with Crippen molar-refractivity contribution in [1.82, 2.24) is 4.90 Å². The van der Waals surface area contributed by atoms with E-state index in [1.54, 1.807) is 0 Å². The first-order chi connectivity index (χ1) is 7.15. The molecule has 0 aromatic rings. The quantitative estimate of drug-likeness (QED) is 0.514. The molecule has 0 N–H and O–H groups in total. The van der Waals surface area contributed by atoms with Crippen LogP contribution < -0.4 is 0 Å². The zero-order valence-corrected chi connectivity index (χ0v) is 9.79. The molecule has 0 bridgehead atoms. The lowest BCUT2D eigenvalue weighted by Gasteiger charge is -2.22. The van der Waals surface area contributed by atoms with E-state index in [2.05, 4.69) is 11.5 Å². The third-order valence-corrected chi connectivity index (χ3v) is 2.75. The molecule has 0 radical (unpaired) electrons. The lowest BCUT2D eigenvalue weighted by Crippen LogP contribution is -2.37. The number of carbonyl (C=O) groups is 1. The molecule has 1 aliphatic rings. The zero-order chi connectivity index (χ0) is 11.3. The fourth-order valence-electron chi connectivity index (χ4n) is 1.93. The molecule has 1 unspecified atom stereocenters. The summed E-state index contributed by atoms with van der Waals surface area (Å²) >= 11 is 0. The van der Waals surface area contributed by atoms with Gasteiger partial charge in [0.2, 0.25) is 0 Å². The Morgan fingerprint density at radius 1 is 1.60 bits per heavy atom. The van der Waals surface area contributed by atoms with Gasteiger partial charge >= 0.3 is 5.97 Å². The van der Waals surface area contributed by atoms with Crippen molar-refractivity contribution in [2.75, 3.05) is 19.7 Å². The van der Waals surface area contributed by atoms with Crippen molar-refractivity contribution >= 4 is 5.97 Å². The minimum absolute atomic E-state index is 0.00991. The molecule has 0 saturated carbocycles. The van der Waals surface area contributed by atoms with Gasteiger partial charge in [-0.25, -0.2) is 0 Å². The summed E-state index contributed by atoms with van der Waals surface area (Å²) in [6, 6.07) is -0.00991. The first kappa shape index (κ1) is 12.2. The average Bonchev–Trinajstić information content (AvgIpc) is 2.62. The van der Waals surface area contributed by atoms with Gasteiger partial charge in [-0.05, 0) is 39.7 Å². The van der Waals surface area contributed by atoms with E-state index in [9.17, 15) is 4.79 Å². The van der Waals surface area contributed by atoms with Crippen LogP contribution in [-0.4, -0.2) is 36.6 Å². The topological polar surface area (TPSA) is 29.5 Å². The predicted molar refractivity (Wildman–Crippen MR) is 60.7 cm³/mol. The first-order valence-corrected chi connectivity index (χ1v) is 5.70. The zero-order valence-electron chi connectivity index (χ0n) is 9.79. The summed E-state index contributed by atoms with van der Waals surface area (Å²) in [4.78, 5) is 13.8. The fraction of sp³-hybridized carbons (Fsp3) is 0.750. The number of nitrogens with zero attached hydrogens (tertiary/aromatic N) is 1. The minimum Gasteiger partial charge on any atom is -0.465 e. The highest BCUT2D eigenvalue weighted by Gasteiger charge is 2.31. The van der Waals surface area contributed by atoms with Crippen molar-refractivity contribution < 1.29 is 9.53 Å². The van der Waals surface area contributed by atoms with Crippen molar-refractivity contribution in [2.45, 2.75) is 39.2 Å². The summed E-state index contributed by atoms with van der Waals surface area (Å²) in [5.41, 5.74) is 1.17. The summed E-state index contributed by atoms with van der Waals surface area (Å²) in [5, 5.41) is 0. The molecule has 1 fully saturated rings. The summed E-state index contributed by atoms with van der Waals surface area (Å²) < 4.78 is 5.06. The molecule has 86 valence electrons. The number of carbonyl (C=O) groups excluding carboxylic acids is 1. The highest BCUT2D eigenvalue weighted by Crippen LogP contribution is 2.19. The lowest BCUT2D eigenvalue weighted by molar-refractivity contribution is -0.148. The highest BCUT2D eigenvalue weighted by molar-refractivity contribution is 5.76. The SMILES string of the molecule is C=C(C)CCN1CCCC1C(=O)OCC. The molecule has 1 saturated heterocycles. The molecule has 0 spiro atoms. The van der Waals surface area contributed by atoms with Gasteiger partial charge in [-0.3, -0.25) is 9.69 Å². The molecular formula is C12H21NO2. The fourth-order valence-corrected chi connectivity index (χ4v) is 1.93. The Labute approximate surface area is 92.1 Å². The van der Waals surface area contributed by atoms with Crippen LogP contribution in [-0.2, 0) is 9.53 Å². The van der Waals surface area contributed by atoms with Crippen LogP contribution in [0.3, 0.4) is 0 Å². The monoisotopic (exact) mass is 211 g/mol. The van der Waals surface area contributed by atoms with E-state index >= 15 is 0 Å². The predicted octanol–water partition coefficient (Wildman–Crippen LogP) is 1.98. The molecule has 3 nitrogen and oxygen atoms in total. The number of likely N-dealkylation sites (tertiary alicyclic amines) is 1. The smallest absolute Gasteiger partial charge is 0.323 e.